The minimum absolute atomic E-state index is 0.625. The molecular formula is C65H45N3. The lowest BCUT2D eigenvalue weighted by molar-refractivity contribution is 0.415. The molecule has 11 aromatic rings. The molecule has 0 spiro atoms. The number of benzene rings is 10. The van der Waals surface area contributed by atoms with Crippen LogP contribution in [0.1, 0.15) is 33.4 Å². The third kappa shape index (κ3) is 6.62. The van der Waals surface area contributed by atoms with E-state index in [1.165, 1.54) is 44.5 Å². The first-order chi connectivity index (χ1) is 33.7. The summed E-state index contributed by atoms with van der Waals surface area (Å²) >= 11 is 0. The van der Waals surface area contributed by atoms with Crippen LogP contribution in [0, 0.1) is 0 Å². The van der Waals surface area contributed by atoms with E-state index in [0.717, 1.165) is 38.9 Å². The Labute approximate surface area is 397 Å². The van der Waals surface area contributed by atoms with Crippen LogP contribution in [-0.4, -0.2) is 15.0 Å². The molecule has 1 heterocycles. The molecule has 0 radical (unpaired) electrons. The third-order valence-electron chi connectivity index (χ3n) is 13.8. The maximum Gasteiger partial charge on any atom is 0.164 e. The summed E-state index contributed by atoms with van der Waals surface area (Å²) in [4.78, 5) is 15.3. The van der Waals surface area contributed by atoms with Crippen molar-refractivity contribution in [3.8, 4) is 67.5 Å². The highest BCUT2D eigenvalue weighted by atomic mass is 15.0. The van der Waals surface area contributed by atoms with Gasteiger partial charge in [-0.05, 0) is 78.9 Å². The number of fused-ring (bicyclic) bond motifs is 3. The summed E-state index contributed by atoms with van der Waals surface area (Å²) in [5, 5.41) is 0. The fraction of sp³-hybridized carbons (Fsp3) is 0.0308. The molecule has 0 unspecified atom stereocenters. The molecule has 1 aliphatic carbocycles. The summed E-state index contributed by atoms with van der Waals surface area (Å²) in [5.74, 6) is 1.90. The van der Waals surface area contributed by atoms with Gasteiger partial charge in [0.05, 0.1) is 10.8 Å². The summed E-state index contributed by atoms with van der Waals surface area (Å²) in [6, 6.07) is 98.7. The van der Waals surface area contributed by atoms with E-state index >= 15 is 0 Å². The molecule has 0 aliphatic heterocycles. The molecule has 0 saturated heterocycles. The van der Waals surface area contributed by atoms with Gasteiger partial charge in [0.25, 0.3) is 0 Å². The van der Waals surface area contributed by atoms with Gasteiger partial charge in [-0.1, -0.05) is 261 Å². The van der Waals surface area contributed by atoms with Gasteiger partial charge in [-0.3, -0.25) is 0 Å². The molecule has 0 N–H and O–H groups in total. The zero-order valence-electron chi connectivity index (χ0n) is 37.3. The second-order valence-electron chi connectivity index (χ2n) is 17.4. The second-order valence-corrected chi connectivity index (χ2v) is 17.4. The number of hydrogen-bond donors (Lipinski definition) is 0. The van der Waals surface area contributed by atoms with Gasteiger partial charge in [0.1, 0.15) is 0 Å². The van der Waals surface area contributed by atoms with Crippen molar-refractivity contribution in [2.75, 3.05) is 0 Å². The molecule has 68 heavy (non-hydrogen) atoms. The monoisotopic (exact) mass is 867 g/mol. The minimum Gasteiger partial charge on any atom is -0.208 e. The SMILES string of the molecule is c1ccc(-c2nc(-c3ccccc3)nc(-c3ccccc3-c3cccc(-c4ccc5c(c4)C(c4ccccc4)(c4ccccc4)C(c4ccccc4)(c4ccccc4)c4ccccc4-5)c3)n2)cc1. The van der Waals surface area contributed by atoms with Gasteiger partial charge >= 0.3 is 0 Å². The van der Waals surface area contributed by atoms with E-state index < -0.39 is 10.8 Å². The first kappa shape index (κ1) is 40.7. The summed E-state index contributed by atoms with van der Waals surface area (Å²) in [6.45, 7) is 0. The van der Waals surface area contributed by atoms with Crippen LogP contribution in [0.2, 0.25) is 0 Å². The van der Waals surface area contributed by atoms with E-state index in [1.807, 2.05) is 36.4 Å². The van der Waals surface area contributed by atoms with Crippen LogP contribution in [-0.2, 0) is 10.8 Å². The Morgan fingerprint density at radius 3 is 1.07 bits per heavy atom. The Morgan fingerprint density at radius 2 is 0.559 bits per heavy atom. The summed E-state index contributed by atoms with van der Waals surface area (Å²) in [5.41, 5.74) is 15.6. The normalized spacial score (nSPS) is 13.2. The van der Waals surface area contributed by atoms with E-state index in [0.29, 0.717) is 17.5 Å². The van der Waals surface area contributed by atoms with Crippen LogP contribution in [0.3, 0.4) is 0 Å². The van der Waals surface area contributed by atoms with Crippen LogP contribution >= 0.6 is 0 Å². The van der Waals surface area contributed by atoms with Crippen molar-refractivity contribution < 1.29 is 0 Å². The molecule has 3 nitrogen and oxygen atoms in total. The molecule has 1 aliphatic rings. The second kappa shape index (κ2) is 17.2. The van der Waals surface area contributed by atoms with Crippen LogP contribution < -0.4 is 0 Å². The zero-order chi connectivity index (χ0) is 45.3. The molecule has 0 fully saturated rings. The number of rotatable bonds is 9. The first-order valence-corrected chi connectivity index (χ1v) is 23.3. The third-order valence-corrected chi connectivity index (χ3v) is 13.8. The molecule has 0 bridgehead atoms. The fourth-order valence-corrected chi connectivity index (χ4v) is 11.0. The average Bonchev–Trinajstić information content (AvgIpc) is 3.44. The van der Waals surface area contributed by atoms with Crippen molar-refractivity contribution in [3.05, 3.63) is 306 Å². The van der Waals surface area contributed by atoms with Gasteiger partial charge in [0.2, 0.25) is 0 Å². The van der Waals surface area contributed by atoms with E-state index in [-0.39, 0.29) is 0 Å². The summed E-state index contributed by atoms with van der Waals surface area (Å²) in [7, 11) is 0. The maximum atomic E-state index is 5.15. The predicted octanol–water partition coefficient (Wildman–Crippen LogP) is 15.6. The Morgan fingerprint density at radius 1 is 0.206 bits per heavy atom. The van der Waals surface area contributed by atoms with E-state index in [4.69, 9.17) is 15.0 Å². The lowest BCUT2D eigenvalue weighted by Gasteiger charge is -2.57. The molecule has 0 atom stereocenters. The Balaban J connectivity index is 1.10. The Bertz CT molecular complexity index is 3400. The smallest absolute Gasteiger partial charge is 0.164 e. The zero-order valence-corrected chi connectivity index (χ0v) is 37.3. The quantitative estimate of drug-likeness (QED) is 0.145. The highest BCUT2D eigenvalue weighted by Gasteiger charge is 2.61. The number of hydrogen-bond acceptors (Lipinski definition) is 3. The van der Waals surface area contributed by atoms with E-state index in [2.05, 4.69) is 237 Å². The molecule has 10 aromatic carbocycles. The van der Waals surface area contributed by atoms with E-state index in [1.54, 1.807) is 0 Å². The molecule has 320 valence electrons. The Hall–Kier alpha value is -8.79. The van der Waals surface area contributed by atoms with Gasteiger partial charge in [0.15, 0.2) is 17.5 Å². The van der Waals surface area contributed by atoms with Crippen LogP contribution in [0.25, 0.3) is 67.5 Å². The van der Waals surface area contributed by atoms with Crippen LogP contribution in [0.5, 0.6) is 0 Å². The van der Waals surface area contributed by atoms with Crippen molar-refractivity contribution in [3.63, 3.8) is 0 Å². The van der Waals surface area contributed by atoms with Gasteiger partial charge in [-0.25, -0.2) is 15.0 Å². The summed E-state index contributed by atoms with van der Waals surface area (Å²) < 4.78 is 0. The minimum atomic E-state index is -0.742. The largest absolute Gasteiger partial charge is 0.208 e. The van der Waals surface area contributed by atoms with Gasteiger partial charge in [-0.15, -0.1) is 0 Å². The predicted molar refractivity (Wildman–Crippen MR) is 278 cm³/mol. The van der Waals surface area contributed by atoms with Gasteiger partial charge in [0, 0.05) is 16.7 Å². The van der Waals surface area contributed by atoms with Gasteiger partial charge < -0.3 is 0 Å². The molecular weight excluding hydrogens is 823 g/mol. The topological polar surface area (TPSA) is 38.7 Å². The molecule has 1 aromatic heterocycles. The molecule has 0 amide bonds. The van der Waals surface area contributed by atoms with Crippen molar-refractivity contribution in [1.82, 2.24) is 15.0 Å². The van der Waals surface area contributed by atoms with Crippen LogP contribution in [0.4, 0.5) is 0 Å². The number of aromatic nitrogens is 3. The number of nitrogens with zero attached hydrogens (tertiary/aromatic N) is 3. The lowest BCUT2D eigenvalue weighted by atomic mass is 9.43. The van der Waals surface area contributed by atoms with Crippen LogP contribution in [0.15, 0.2) is 273 Å². The highest BCUT2D eigenvalue weighted by Crippen LogP contribution is 2.65. The average molecular weight is 868 g/mol. The maximum absolute atomic E-state index is 5.15. The van der Waals surface area contributed by atoms with Crippen molar-refractivity contribution in [2.24, 2.45) is 0 Å². The molecule has 0 saturated carbocycles. The summed E-state index contributed by atoms with van der Waals surface area (Å²) in [6.07, 6.45) is 0. The van der Waals surface area contributed by atoms with Crippen molar-refractivity contribution in [2.45, 2.75) is 10.8 Å². The molecule has 12 rings (SSSR count). The van der Waals surface area contributed by atoms with Crippen molar-refractivity contribution in [1.29, 1.82) is 0 Å². The Kier molecular flexibility index (Phi) is 10.3. The first-order valence-electron chi connectivity index (χ1n) is 23.3. The standard InChI is InChI=1S/C65H45N3/c1-7-24-46(25-8-1)61-66-62(47-26-9-2-10-27-47)68-63(67-61)58-40-20-19-38-55(58)50-29-23-28-48(44-50)49-42-43-57-56-39-21-22-41-59(56)64(51-30-11-3-12-31-51,52-32-13-4-14-33-52)65(60(57)45-49,53-34-15-5-16-35-53)54-36-17-6-18-37-54/h1-45H. The molecule has 3 heteroatoms. The highest BCUT2D eigenvalue weighted by molar-refractivity contribution is 5.89. The van der Waals surface area contributed by atoms with E-state index in [9.17, 15) is 0 Å². The lowest BCUT2D eigenvalue weighted by Crippen LogP contribution is -2.54. The van der Waals surface area contributed by atoms with Crippen molar-refractivity contribution >= 4 is 0 Å². The van der Waals surface area contributed by atoms with Gasteiger partial charge in [-0.2, -0.15) is 0 Å². The fourth-order valence-electron chi connectivity index (χ4n) is 11.0.